The van der Waals surface area contributed by atoms with E-state index in [0.29, 0.717) is 34.3 Å². The van der Waals surface area contributed by atoms with Gasteiger partial charge in [-0.15, -0.1) is 5.10 Å². The number of aromatic nitrogens is 3. The van der Waals surface area contributed by atoms with Crippen LogP contribution in [0.4, 0.5) is 11.6 Å². The zero-order valence-electron chi connectivity index (χ0n) is 18.6. The highest BCUT2D eigenvalue weighted by molar-refractivity contribution is 6.31. The second-order valence-corrected chi connectivity index (χ2v) is 7.78. The number of non-ortho nitro benzene ring substituents is 1. The lowest BCUT2D eigenvalue weighted by Crippen LogP contribution is -2.14. The van der Waals surface area contributed by atoms with E-state index in [1.165, 1.54) is 24.3 Å². The van der Waals surface area contributed by atoms with Crippen molar-refractivity contribution in [2.75, 3.05) is 12.4 Å². The summed E-state index contributed by atoms with van der Waals surface area (Å²) in [4.78, 5) is 28.1. The summed E-state index contributed by atoms with van der Waals surface area (Å²) in [5, 5.41) is 19.1. The van der Waals surface area contributed by atoms with E-state index >= 15 is 0 Å². The van der Waals surface area contributed by atoms with E-state index in [2.05, 4.69) is 15.4 Å². The van der Waals surface area contributed by atoms with Gasteiger partial charge in [-0.05, 0) is 47.5 Å². The summed E-state index contributed by atoms with van der Waals surface area (Å²) in [6.07, 6.45) is 2.77. The molecular formula is C25H20ClN5O4. The van der Waals surface area contributed by atoms with Crippen LogP contribution < -0.4 is 10.1 Å². The molecule has 0 fully saturated rings. The third kappa shape index (κ3) is 5.71. The number of carbonyl (C=O) groups excluding carboxylic acids is 1. The minimum absolute atomic E-state index is 0.0655. The summed E-state index contributed by atoms with van der Waals surface area (Å²) < 4.78 is 6.33. The number of hydrogen-bond donors (Lipinski definition) is 1. The largest absolute Gasteiger partial charge is 0.497 e. The molecule has 4 aromatic rings. The zero-order valence-corrected chi connectivity index (χ0v) is 19.3. The van der Waals surface area contributed by atoms with Crippen molar-refractivity contribution in [3.05, 3.63) is 105 Å². The second-order valence-electron chi connectivity index (χ2n) is 7.37. The fraction of sp³-hybridized carbons (Fsp3) is 0.0800. The molecule has 9 nitrogen and oxygen atoms in total. The van der Waals surface area contributed by atoms with Crippen LogP contribution in [0.25, 0.3) is 17.5 Å². The molecule has 35 heavy (non-hydrogen) atoms. The molecule has 10 heteroatoms. The Morgan fingerprint density at radius 1 is 1.14 bits per heavy atom. The molecule has 0 spiro atoms. The van der Waals surface area contributed by atoms with Crippen LogP contribution in [0.2, 0.25) is 5.02 Å². The third-order valence-electron chi connectivity index (χ3n) is 5.06. The van der Waals surface area contributed by atoms with Crippen LogP contribution in [0.15, 0.2) is 78.9 Å². The van der Waals surface area contributed by atoms with Gasteiger partial charge in [-0.25, -0.2) is 0 Å². The molecule has 0 saturated heterocycles. The average molecular weight is 490 g/mol. The van der Waals surface area contributed by atoms with E-state index in [1.807, 2.05) is 18.2 Å². The molecule has 0 unspecified atom stereocenters. The number of allylic oxidation sites excluding steroid dienone is 1. The third-order valence-corrected chi connectivity index (χ3v) is 5.43. The molecule has 0 saturated carbocycles. The molecule has 0 atom stereocenters. The van der Waals surface area contributed by atoms with Gasteiger partial charge in [-0.3, -0.25) is 14.9 Å². The first-order valence-electron chi connectivity index (χ1n) is 10.5. The van der Waals surface area contributed by atoms with Gasteiger partial charge in [-0.1, -0.05) is 41.9 Å². The number of nitrogens with one attached hydrogen (secondary N) is 1. The van der Waals surface area contributed by atoms with Crippen LogP contribution in [0.5, 0.6) is 5.75 Å². The minimum Gasteiger partial charge on any atom is -0.497 e. The van der Waals surface area contributed by atoms with Gasteiger partial charge in [0.15, 0.2) is 5.82 Å². The molecule has 0 aliphatic heterocycles. The van der Waals surface area contributed by atoms with Gasteiger partial charge in [0.2, 0.25) is 5.95 Å². The van der Waals surface area contributed by atoms with Gasteiger partial charge in [0.1, 0.15) is 5.75 Å². The molecule has 3 aromatic carbocycles. The minimum atomic E-state index is -0.492. The summed E-state index contributed by atoms with van der Waals surface area (Å²) >= 11 is 6.25. The first-order chi connectivity index (χ1) is 16.9. The fourth-order valence-electron chi connectivity index (χ4n) is 3.24. The monoisotopic (exact) mass is 489 g/mol. The van der Waals surface area contributed by atoms with Crippen molar-refractivity contribution in [1.82, 2.24) is 14.8 Å². The Hall–Kier alpha value is -4.50. The maximum absolute atomic E-state index is 13.0. The SMILES string of the molecule is COc1ccc(-c2nc(NCc3ccccc3Cl)n(C(=O)C=Cc3cccc([N+](=O)[O-])c3)n2)cc1. The normalized spacial score (nSPS) is 10.9. The molecule has 1 heterocycles. The molecular weight excluding hydrogens is 470 g/mol. The predicted molar refractivity (Wildman–Crippen MR) is 134 cm³/mol. The molecule has 0 aliphatic carbocycles. The maximum atomic E-state index is 13.0. The van der Waals surface area contributed by atoms with Crippen molar-refractivity contribution in [3.8, 4) is 17.1 Å². The number of carbonyl (C=O) groups is 1. The first kappa shape index (κ1) is 23.7. The number of ether oxygens (including phenoxy) is 1. The number of methoxy groups -OCH3 is 1. The van der Waals surface area contributed by atoms with Gasteiger partial charge in [0, 0.05) is 35.3 Å². The van der Waals surface area contributed by atoms with E-state index < -0.39 is 10.8 Å². The number of nitro benzene ring substituents is 1. The Bertz CT molecular complexity index is 1400. The van der Waals surface area contributed by atoms with Crippen LogP contribution in [0, 0.1) is 10.1 Å². The average Bonchev–Trinajstić information content (AvgIpc) is 3.31. The number of benzene rings is 3. The van der Waals surface area contributed by atoms with Gasteiger partial charge >= 0.3 is 0 Å². The number of nitrogens with zero attached hydrogens (tertiary/aromatic N) is 4. The van der Waals surface area contributed by atoms with Crippen molar-refractivity contribution in [3.63, 3.8) is 0 Å². The molecule has 0 bridgehead atoms. The predicted octanol–water partition coefficient (Wildman–Crippen LogP) is 5.48. The molecule has 4 rings (SSSR count). The molecule has 0 amide bonds. The number of halogens is 1. The summed E-state index contributed by atoms with van der Waals surface area (Å²) in [6, 6.07) is 20.4. The molecule has 0 radical (unpaired) electrons. The second kappa shape index (κ2) is 10.6. The molecule has 1 N–H and O–H groups in total. The Balaban J connectivity index is 1.64. The van der Waals surface area contributed by atoms with Crippen LogP contribution in [0.3, 0.4) is 0 Å². The Kier molecular flexibility index (Phi) is 7.18. The Morgan fingerprint density at radius 2 is 1.91 bits per heavy atom. The zero-order chi connectivity index (χ0) is 24.8. The summed E-state index contributed by atoms with van der Waals surface area (Å²) in [5.41, 5.74) is 1.97. The smallest absolute Gasteiger partial charge is 0.274 e. The standard InChI is InChI=1S/C25H20ClN5O4/c1-35-21-12-10-18(11-13-21)24-28-25(27-16-19-6-2-3-8-22(19)26)30(29-24)23(32)14-9-17-5-4-7-20(15-17)31(33)34/h2-15H,16H2,1H3,(H,27,28,29). The van der Waals surface area contributed by atoms with Crippen molar-refractivity contribution < 1.29 is 14.5 Å². The van der Waals surface area contributed by atoms with Crippen LogP contribution >= 0.6 is 11.6 Å². The lowest BCUT2D eigenvalue weighted by molar-refractivity contribution is -0.384. The van der Waals surface area contributed by atoms with Crippen molar-refractivity contribution >= 4 is 35.2 Å². The van der Waals surface area contributed by atoms with Gasteiger partial charge in [0.05, 0.1) is 12.0 Å². The van der Waals surface area contributed by atoms with E-state index in [4.69, 9.17) is 16.3 Å². The number of anilines is 1. The summed E-state index contributed by atoms with van der Waals surface area (Å²) in [6.45, 7) is 0.322. The van der Waals surface area contributed by atoms with Crippen LogP contribution in [-0.4, -0.2) is 32.7 Å². The van der Waals surface area contributed by atoms with E-state index in [9.17, 15) is 14.9 Å². The fourth-order valence-corrected chi connectivity index (χ4v) is 3.44. The number of rotatable bonds is 8. The lowest BCUT2D eigenvalue weighted by Gasteiger charge is -2.07. The van der Waals surface area contributed by atoms with Crippen molar-refractivity contribution in [2.24, 2.45) is 0 Å². The topological polar surface area (TPSA) is 112 Å². The van der Waals surface area contributed by atoms with Gasteiger partial charge < -0.3 is 10.1 Å². The Labute approximate surface area is 205 Å². The first-order valence-corrected chi connectivity index (χ1v) is 10.9. The van der Waals surface area contributed by atoms with Gasteiger partial charge in [-0.2, -0.15) is 9.67 Å². The highest BCUT2D eigenvalue weighted by Crippen LogP contribution is 2.23. The summed E-state index contributed by atoms with van der Waals surface area (Å²) in [5.74, 6) is 0.766. The molecule has 0 aliphatic rings. The summed E-state index contributed by atoms with van der Waals surface area (Å²) in [7, 11) is 1.57. The van der Waals surface area contributed by atoms with Crippen molar-refractivity contribution in [1.29, 1.82) is 0 Å². The van der Waals surface area contributed by atoms with Gasteiger partial charge in [0.25, 0.3) is 11.6 Å². The number of hydrogen-bond acceptors (Lipinski definition) is 7. The Morgan fingerprint density at radius 3 is 2.63 bits per heavy atom. The quantitative estimate of drug-likeness (QED) is 0.198. The molecule has 1 aromatic heterocycles. The highest BCUT2D eigenvalue weighted by atomic mass is 35.5. The van der Waals surface area contributed by atoms with E-state index in [1.54, 1.807) is 49.6 Å². The maximum Gasteiger partial charge on any atom is 0.274 e. The van der Waals surface area contributed by atoms with Crippen LogP contribution in [0.1, 0.15) is 15.9 Å². The van der Waals surface area contributed by atoms with Crippen molar-refractivity contribution in [2.45, 2.75) is 6.54 Å². The van der Waals surface area contributed by atoms with E-state index in [-0.39, 0.29) is 11.6 Å². The van der Waals surface area contributed by atoms with Crippen LogP contribution in [-0.2, 0) is 6.54 Å². The number of nitro groups is 1. The lowest BCUT2D eigenvalue weighted by atomic mass is 10.2. The molecule has 176 valence electrons. The highest BCUT2D eigenvalue weighted by Gasteiger charge is 2.16. The van der Waals surface area contributed by atoms with E-state index in [0.717, 1.165) is 10.2 Å².